The Morgan fingerprint density at radius 2 is 1.86 bits per heavy atom. The zero-order chi connectivity index (χ0) is 15.9. The highest BCUT2D eigenvalue weighted by atomic mass is 79.9. The van der Waals surface area contributed by atoms with Gasteiger partial charge in [0.05, 0.1) is 11.6 Å². The summed E-state index contributed by atoms with van der Waals surface area (Å²) in [6, 6.07) is 14.3. The third kappa shape index (κ3) is 4.49. The summed E-state index contributed by atoms with van der Waals surface area (Å²) in [5, 5.41) is 0. The minimum Gasteiger partial charge on any atom is -0.493 e. The minimum absolute atomic E-state index is 0.160. The number of rotatable bonds is 7. The summed E-state index contributed by atoms with van der Waals surface area (Å²) in [4.78, 5) is 0. The maximum Gasteiger partial charge on any atom is 0.175 e. The molecule has 1 unspecified atom stereocenters. The molecule has 2 N–H and O–H groups in total. The Balaban J connectivity index is 2.16. The van der Waals surface area contributed by atoms with Crippen molar-refractivity contribution in [3.63, 3.8) is 0 Å². The molecule has 0 aliphatic rings. The van der Waals surface area contributed by atoms with E-state index in [1.54, 1.807) is 7.11 Å². The van der Waals surface area contributed by atoms with Crippen molar-refractivity contribution in [3.05, 3.63) is 58.1 Å². The Hall–Kier alpha value is -1.52. The van der Waals surface area contributed by atoms with Crippen molar-refractivity contribution < 1.29 is 9.47 Å². The summed E-state index contributed by atoms with van der Waals surface area (Å²) < 4.78 is 12.3. The Labute approximate surface area is 140 Å². The van der Waals surface area contributed by atoms with E-state index in [4.69, 9.17) is 15.2 Å². The van der Waals surface area contributed by atoms with Crippen molar-refractivity contribution in [2.24, 2.45) is 5.73 Å². The Bertz CT molecular complexity index is 602. The lowest BCUT2D eigenvalue weighted by atomic mass is 10.0. The van der Waals surface area contributed by atoms with Gasteiger partial charge in [0.1, 0.15) is 6.61 Å². The summed E-state index contributed by atoms with van der Waals surface area (Å²) in [5.41, 5.74) is 8.29. The molecule has 0 saturated carbocycles. The Morgan fingerprint density at radius 3 is 2.50 bits per heavy atom. The van der Waals surface area contributed by atoms with Crippen LogP contribution in [0.5, 0.6) is 11.5 Å². The van der Waals surface area contributed by atoms with Crippen molar-refractivity contribution in [2.45, 2.75) is 32.4 Å². The number of benzene rings is 2. The maximum atomic E-state index is 6.03. The third-order valence-corrected chi connectivity index (χ3v) is 4.13. The van der Waals surface area contributed by atoms with Gasteiger partial charge in [-0.1, -0.05) is 37.3 Å². The highest BCUT2D eigenvalue weighted by Crippen LogP contribution is 2.37. The van der Waals surface area contributed by atoms with Crippen LogP contribution in [0.4, 0.5) is 0 Å². The number of methoxy groups -OCH3 is 1. The number of nitrogens with two attached hydrogens (primary N) is 1. The molecule has 1 atom stereocenters. The van der Waals surface area contributed by atoms with Gasteiger partial charge in [-0.25, -0.2) is 0 Å². The monoisotopic (exact) mass is 363 g/mol. The second-order valence-corrected chi connectivity index (χ2v) is 6.11. The van der Waals surface area contributed by atoms with E-state index in [0.717, 1.165) is 39.9 Å². The molecule has 0 spiro atoms. The molecule has 4 heteroatoms. The van der Waals surface area contributed by atoms with Gasteiger partial charge in [0.2, 0.25) is 0 Å². The van der Waals surface area contributed by atoms with E-state index in [-0.39, 0.29) is 6.04 Å². The molecule has 0 amide bonds. The molecule has 0 aromatic heterocycles. The van der Waals surface area contributed by atoms with Crippen LogP contribution in [-0.4, -0.2) is 13.2 Å². The number of hydrogen-bond acceptors (Lipinski definition) is 3. The molecule has 0 saturated heterocycles. The first-order valence-electron chi connectivity index (χ1n) is 7.42. The predicted molar refractivity (Wildman–Crippen MR) is 93.4 cm³/mol. The maximum absolute atomic E-state index is 6.03. The van der Waals surface area contributed by atoms with Crippen molar-refractivity contribution in [1.29, 1.82) is 0 Å². The Morgan fingerprint density at radius 1 is 1.14 bits per heavy atom. The van der Waals surface area contributed by atoms with Crippen LogP contribution in [0.15, 0.2) is 46.9 Å². The van der Waals surface area contributed by atoms with E-state index in [1.807, 2.05) is 36.4 Å². The summed E-state index contributed by atoms with van der Waals surface area (Å²) >= 11 is 3.58. The summed E-state index contributed by atoms with van der Waals surface area (Å²) in [6.45, 7) is 2.60. The summed E-state index contributed by atoms with van der Waals surface area (Å²) in [5.74, 6) is 1.45. The van der Waals surface area contributed by atoms with Crippen LogP contribution in [-0.2, 0) is 13.0 Å². The van der Waals surface area contributed by atoms with E-state index >= 15 is 0 Å². The first-order valence-corrected chi connectivity index (χ1v) is 8.22. The predicted octanol–water partition coefficient (Wildman–Crippen LogP) is 4.32. The van der Waals surface area contributed by atoms with Crippen LogP contribution in [0.25, 0.3) is 0 Å². The molecule has 3 nitrogen and oxygen atoms in total. The zero-order valence-corrected chi connectivity index (χ0v) is 14.6. The molecular formula is C18H22BrNO2. The first kappa shape index (κ1) is 16.8. The van der Waals surface area contributed by atoms with Gasteiger partial charge in [0.15, 0.2) is 11.5 Å². The first-order chi connectivity index (χ1) is 10.6. The largest absolute Gasteiger partial charge is 0.493 e. The average molecular weight is 364 g/mol. The fourth-order valence-corrected chi connectivity index (χ4v) is 2.81. The number of hydrogen-bond donors (Lipinski definition) is 1. The van der Waals surface area contributed by atoms with Crippen LogP contribution in [0.2, 0.25) is 0 Å². The number of ether oxygens (including phenoxy) is 2. The zero-order valence-electron chi connectivity index (χ0n) is 13.0. The van der Waals surface area contributed by atoms with Crippen LogP contribution in [0.1, 0.15) is 24.5 Å². The lowest BCUT2D eigenvalue weighted by molar-refractivity contribution is 0.282. The molecule has 0 fully saturated rings. The fourth-order valence-electron chi connectivity index (χ4n) is 2.21. The molecule has 2 aromatic rings. The van der Waals surface area contributed by atoms with Gasteiger partial charge >= 0.3 is 0 Å². The number of halogens is 1. The van der Waals surface area contributed by atoms with Crippen LogP contribution in [0, 0.1) is 0 Å². The van der Waals surface area contributed by atoms with Crippen LogP contribution < -0.4 is 15.2 Å². The highest BCUT2D eigenvalue weighted by molar-refractivity contribution is 9.10. The molecule has 2 rings (SSSR count). The third-order valence-electron chi connectivity index (χ3n) is 3.54. The quantitative estimate of drug-likeness (QED) is 0.796. The van der Waals surface area contributed by atoms with E-state index in [2.05, 4.69) is 28.9 Å². The second-order valence-electron chi connectivity index (χ2n) is 5.26. The molecule has 2 aromatic carbocycles. The van der Waals surface area contributed by atoms with E-state index in [1.165, 1.54) is 0 Å². The van der Waals surface area contributed by atoms with Gasteiger partial charge in [-0.3, -0.25) is 0 Å². The SMILES string of the molecule is CCC(N)Cc1cc(Br)c(OCc2ccccc2)c(OC)c1. The van der Waals surface area contributed by atoms with E-state index in [0.29, 0.717) is 6.61 Å². The van der Waals surface area contributed by atoms with Gasteiger partial charge in [-0.05, 0) is 52.0 Å². The van der Waals surface area contributed by atoms with Gasteiger partial charge in [-0.15, -0.1) is 0 Å². The molecular weight excluding hydrogens is 342 g/mol. The normalized spacial score (nSPS) is 12.0. The highest BCUT2D eigenvalue weighted by Gasteiger charge is 2.13. The topological polar surface area (TPSA) is 44.5 Å². The molecule has 0 bridgehead atoms. The lowest BCUT2D eigenvalue weighted by Gasteiger charge is -2.16. The Kier molecular flexibility index (Phi) is 6.28. The lowest BCUT2D eigenvalue weighted by Crippen LogP contribution is -2.21. The average Bonchev–Trinajstić information content (AvgIpc) is 2.54. The van der Waals surface area contributed by atoms with Crippen molar-refractivity contribution in [1.82, 2.24) is 0 Å². The molecule has 118 valence electrons. The fraction of sp³-hybridized carbons (Fsp3) is 0.333. The molecule has 0 aliphatic heterocycles. The molecule has 22 heavy (non-hydrogen) atoms. The van der Waals surface area contributed by atoms with Crippen molar-refractivity contribution in [3.8, 4) is 11.5 Å². The van der Waals surface area contributed by atoms with Crippen LogP contribution in [0.3, 0.4) is 0 Å². The van der Waals surface area contributed by atoms with Gasteiger partial charge < -0.3 is 15.2 Å². The summed E-state index contributed by atoms with van der Waals surface area (Å²) in [6.07, 6.45) is 1.77. The second kappa shape index (κ2) is 8.20. The van der Waals surface area contributed by atoms with Gasteiger partial charge in [0.25, 0.3) is 0 Å². The minimum atomic E-state index is 0.160. The van der Waals surface area contributed by atoms with Crippen molar-refractivity contribution in [2.75, 3.05) is 7.11 Å². The molecule has 0 aliphatic carbocycles. The smallest absolute Gasteiger partial charge is 0.175 e. The van der Waals surface area contributed by atoms with E-state index < -0.39 is 0 Å². The van der Waals surface area contributed by atoms with Crippen molar-refractivity contribution >= 4 is 15.9 Å². The van der Waals surface area contributed by atoms with Gasteiger partial charge in [0, 0.05) is 6.04 Å². The van der Waals surface area contributed by atoms with Crippen LogP contribution >= 0.6 is 15.9 Å². The molecule has 0 heterocycles. The molecule has 0 radical (unpaired) electrons. The standard InChI is InChI=1S/C18H22BrNO2/c1-3-15(20)9-14-10-16(19)18(17(11-14)21-2)22-12-13-7-5-4-6-8-13/h4-8,10-11,15H,3,9,12,20H2,1-2H3. The summed E-state index contributed by atoms with van der Waals surface area (Å²) in [7, 11) is 1.65. The van der Waals surface area contributed by atoms with E-state index in [9.17, 15) is 0 Å². The van der Waals surface area contributed by atoms with Gasteiger partial charge in [-0.2, -0.15) is 0 Å².